The van der Waals surface area contributed by atoms with Gasteiger partial charge in [0, 0.05) is 20.2 Å². The summed E-state index contributed by atoms with van der Waals surface area (Å²) in [5, 5.41) is 6.35. The molecule has 2 aromatic heterocycles. The summed E-state index contributed by atoms with van der Waals surface area (Å²) in [5.41, 5.74) is 0. The zero-order chi connectivity index (χ0) is 12.4. The zero-order valence-corrected chi connectivity index (χ0v) is 9.24. The lowest BCUT2D eigenvalue weighted by atomic mass is 10.4. The highest BCUT2D eigenvalue weighted by Gasteiger charge is 2.13. The van der Waals surface area contributed by atoms with Crippen molar-refractivity contribution in [3.05, 3.63) is 30.1 Å². The Kier molecular flexibility index (Phi) is 2.90. The van der Waals surface area contributed by atoms with E-state index in [4.69, 9.17) is 4.74 Å². The monoisotopic (exact) mass is 240 g/mol. The molecule has 17 heavy (non-hydrogen) atoms. The molecule has 0 amide bonds. The molecule has 0 saturated carbocycles. The first-order chi connectivity index (χ1) is 8.10. The first-order valence-corrected chi connectivity index (χ1v) is 4.80. The summed E-state index contributed by atoms with van der Waals surface area (Å²) < 4.78 is 33.2. The molecule has 0 fully saturated rings. The molecule has 0 aromatic carbocycles. The predicted molar refractivity (Wildman–Crippen MR) is 57.0 cm³/mol. The van der Waals surface area contributed by atoms with Gasteiger partial charge >= 0.3 is 0 Å². The maximum absolute atomic E-state index is 13.4. The van der Waals surface area contributed by atoms with Crippen molar-refractivity contribution in [2.24, 2.45) is 7.05 Å². The molecule has 1 N–H and O–H groups in total. The molecule has 2 heterocycles. The largest absolute Gasteiger partial charge is 0.433 e. The third kappa shape index (κ3) is 2.32. The number of hydrogen-bond donors (Lipinski definition) is 1. The van der Waals surface area contributed by atoms with Crippen LogP contribution in [-0.2, 0) is 7.05 Å². The molecule has 2 aromatic rings. The smallest absolute Gasteiger partial charge is 0.258 e. The van der Waals surface area contributed by atoms with Crippen LogP contribution in [0.1, 0.15) is 0 Å². The van der Waals surface area contributed by atoms with Crippen molar-refractivity contribution in [3.8, 4) is 11.6 Å². The summed E-state index contributed by atoms with van der Waals surface area (Å²) in [6.45, 7) is 0. The highest BCUT2D eigenvalue weighted by Crippen LogP contribution is 2.25. The van der Waals surface area contributed by atoms with Gasteiger partial charge in [-0.05, 0) is 0 Å². The van der Waals surface area contributed by atoms with Crippen molar-refractivity contribution >= 4 is 5.82 Å². The minimum Gasteiger partial charge on any atom is -0.433 e. The molecule has 0 spiro atoms. The van der Waals surface area contributed by atoms with Crippen LogP contribution in [0.25, 0.3) is 0 Å². The molecular weight excluding hydrogens is 230 g/mol. The summed E-state index contributed by atoms with van der Waals surface area (Å²) >= 11 is 0. The van der Waals surface area contributed by atoms with Crippen molar-refractivity contribution in [2.75, 3.05) is 12.4 Å². The van der Waals surface area contributed by atoms with E-state index >= 15 is 0 Å². The fraction of sp³-hybridized carbons (Fsp3) is 0.200. The number of aromatic nitrogens is 3. The molecule has 2 rings (SSSR count). The standard InChI is InChI=1S/C10H10F2N4O/c1-13-9-7(11)3-8(12)10(15-9)17-6-4-14-16(2)5-6/h3-5H,1-2H3,(H,13,15). The van der Waals surface area contributed by atoms with Crippen LogP contribution in [0.5, 0.6) is 11.6 Å². The number of ether oxygens (including phenoxy) is 1. The molecule has 0 saturated heterocycles. The van der Waals surface area contributed by atoms with Gasteiger partial charge in [-0.3, -0.25) is 4.68 Å². The van der Waals surface area contributed by atoms with Crippen molar-refractivity contribution in [3.63, 3.8) is 0 Å². The summed E-state index contributed by atoms with van der Waals surface area (Å²) in [6, 6.07) is 0.713. The average molecular weight is 240 g/mol. The fourth-order valence-corrected chi connectivity index (χ4v) is 1.26. The van der Waals surface area contributed by atoms with Gasteiger partial charge in [0.05, 0.1) is 12.4 Å². The van der Waals surface area contributed by atoms with E-state index in [0.717, 1.165) is 0 Å². The van der Waals surface area contributed by atoms with Crippen LogP contribution in [0.2, 0.25) is 0 Å². The number of nitrogens with one attached hydrogen (secondary N) is 1. The van der Waals surface area contributed by atoms with Gasteiger partial charge in [-0.25, -0.2) is 8.78 Å². The average Bonchev–Trinajstić information content (AvgIpc) is 2.68. The van der Waals surface area contributed by atoms with E-state index in [9.17, 15) is 8.78 Å². The van der Waals surface area contributed by atoms with Gasteiger partial charge in [0.1, 0.15) is 0 Å². The van der Waals surface area contributed by atoms with Crippen molar-refractivity contribution in [1.82, 2.24) is 14.8 Å². The zero-order valence-electron chi connectivity index (χ0n) is 9.24. The molecule has 0 aliphatic heterocycles. The van der Waals surface area contributed by atoms with E-state index in [1.54, 1.807) is 13.2 Å². The lowest BCUT2D eigenvalue weighted by Gasteiger charge is -2.06. The van der Waals surface area contributed by atoms with Crippen molar-refractivity contribution < 1.29 is 13.5 Å². The highest BCUT2D eigenvalue weighted by atomic mass is 19.1. The number of nitrogens with zero attached hydrogens (tertiary/aromatic N) is 3. The first kappa shape index (κ1) is 11.3. The second-order valence-electron chi connectivity index (χ2n) is 3.31. The van der Waals surface area contributed by atoms with Crippen LogP contribution < -0.4 is 10.1 Å². The Bertz CT molecular complexity index is 541. The highest BCUT2D eigenvalue weighted by molar-refractivity contribution is 5.39. The van der Waals surface area contributed by atoms with Gasteiger partial charge in [-0.15, -0.1) is 0 Å². The first-order valence-electron chi connectivity index (χ1n) is 4.80. The van der Waals surface area contributed by atoms with Gasteiger partial charge in [0.25, 0.3) is 5.88 Å². The van der Waals surface area contributed by atoms with Crippen LogP contribution in [0, 0.1) is 11.6 Å². The van der Waals surface area contributed by atoms with E-state index < -0.39 is 11.6 Å². The second-order valence-corrected chi connectivity index (χ2v) is 3.31. The Hall–Kier alpha value is -2.18. The maximum atomic E-state index is 13.4. The van der Waals surface area contributed by atoms with E-state index in [0.29, 0.717) is 11.8 Å². The van der Waals surface area contributed by atoms with E-state index in [-0.39, 0.29) is 11.7 Å². The predicted octanol–water partition coefficient (Wildman–Crippen LogP) is 1.93. The van der Waals surface area contributed by atoms with Crippen molar-refractivity contribution in [1.29, 1.82) is 0 Å². The van der Waals surface area contributed by atoms with Crippen LogP contribution in [0.3, 0.4) is 0 Å². The summed E-state index contributed by atoms with van der Waals surface area (Å²) in [4.78, 5) is 3.67. The topological polar surface area (TPSA) is 52.0 Å². The molecular formula is C10H10F2N4O. The lowest BCUT2D eigenvalue weighted by molar-refractivity contribution is 0.418. The molecule has 0 atom stereocenters. The molecule has 0 bridgehead atoms. The Morgan fingerprint density at radius 2 is 2.12 bits per heavy atom. The minimum absolute atomic E-state index is 0.0784. The number of halogens is 2. The Labute approximate surface area is 96.0 Å². The lowest BCUT2D eigenvalue weighted by Crippen LogP contribution is -2.00. The molecule has 0 radical (unpaired) electrons. The fourth-order valence-electron chi connectivity index (χ4n) is 1.26. The van der Waals surface area contributed by atoms with Crippen molar-refractivity contribution in [2.45, 2.75) is 0 Å². The number of rotatable bonds is 3. The van der Waals surface area contributed by atoms with Crippen LogP contribution >= 0.6 is 0 Å². The Balaban J connectivity index is 2.32. The van der Waals surface area contributed by atoms with Crippen LogP contribution in [0.15, 0.2) is 18.5 Å². The van der Waals surface area contributed by atoms with E-state index in [2.05, 4.69) is 15.4 Å². The van der Waals surface area contributed by atoms with Crippen LogP contribution in [-0.4, -0.2) is 21.8 Å². The molecule has 90 valence electrons. The molecule has 5 nitrogen and oxygen atoms in total. The number of hydrogen-bond acceptors (Lipinski definition) is 4. The quantitative estimate of drug-likeness (QED) is 0.890. The van der Waals surface area contributed by atoms with Gasteiger partial charge in [0.2, 0.25) is 0 Å². The maximum Gasteiger partial charge on any atom is 0.258 e. The van der Waals surface area contributed by atoms with Gasteiger partial charge in [0.15, 0.2) is 23.2 Å². The van der Waals surface area contributed by atoms with Gasteiger partial charge in [-0.2, -0.15) is 10.1 Å². The molecule has 7 heteroatoms. The van der Waals surface area contributed by atoms with E-state index in [1.807, 2.05) is 0 Å². The molecule has 0 aliphatic rings. The summed E-state index contributed by atoms with van der Waals surface area (Å²) in [7, 11) is 3.18. The van der Waals surface area contributed by atoms with Gasteiger partial charge in [-0.1, -0.05) is 0 Å². The third-order valence-corrected chi connectivity index (χ3v) is 2.03. The third-order valence-electron chi connectivity index (χ3n) is 2.03. The molecule has 0 unspecified atom stereocenters. The SMILES string of the molecule is CNc1nc(Oc2cnn(C)c2)c(F)cc1F. The Morgan fingerprint density at radius 3 is 2.71 bits per heavy atom. The number of pyridine rings is 1. The number of anilines is 1. The summed E-state index contributed by atoms with van der Waals surface area (Å²) in [5.74, 6) is -1.70. The van der Waals surface area contributed by atoms with Crippen LogP contribution in [0.4, 0.5) is 14.6 Å². The minimum atomic E-state index is -0.870. The summed E-state index contributed by atoms with van der Waals surface area (Å²) in [6.07, 6.45) is 2.95. The normalized spacial score (nSPS) is 10.4. The Morgan fingerprint density at radius 1 is 1.35 bits per heavy atom. The molecule has 0 aliphatic carbocycles. The van der Waals surface area contributed by atoms with E-state index in [1.165, 1.54) is 17.9 Å². The number of aryl methyl sites for hydroxylation is 1. The van der Waals surface area contributed by atoms with Gasteiger partial charge < -0.3 is 10.1 Å². The second kappa shape index (κ2) is 4.36.